The van der Waals surface area contributed by atoms with Crippen molar-refractivity contribution in [1.82, 2.24) is 0 Å². The molecule has 0 aliphatic carbocycles. The first-order valence-corrected chi connectivity index (χ1v) is 5.00. The van der Waals surface area contributed by atoms with Gasteiger partial charge in [0.1, 0.15) is 10.8 Å². The highest BCUT2D eigenvalue weighted by molar-refractivity contribution is 7.48. The molecule has 0 aromatic heterocycles. The van der Waals surface area contributed by atoms with Gasteiger partial charge in [0.05, 0.1) is 0 Å². The minimum atomic E-state index is -3.48. The molecule has 0 aliphatic rings. The molecule has 0 aromatic rings. The summed E-state index contributed by atoms with van der Waals surface area (Å²) in [5.41, 5.74) is 0. The van der Waals surface area contributed by atoms with Gasteiger partial charge in [0.2, 0.25) is 0 Å². The van der Waals surface area contributed by atoms with Crippen molar-refractivity contribution in [2.24, 2.45) is 11.7 Å². The molecule has 0 atom stereocenters. The predicted molar refractivity (Wildman–Crippen MR) is 50.9 cm³/mol. The molecule has 0 saturated heterocycles. The average molecular weight is 253 g/mol. The first-order valence-electron chi connectivity index (χ1n) is 2.78. The molecule has 0 rings (SSSR count). The Labute approximate surface area is 86.3 Å². The SMILES string of the molecule is COP(=O)(OC)OC=C(Cl)Cl.NN. The third-order valence-corrected chi connectivity index (χ3v) is 2.15. The fourth-order valence-electron chi connectivity index (χ4n) is 0.265. The molecule has 0 aliphatic heterocycles. The van der Waals surface area contributed by atoms with Crippen molar-refractivity contribution in [3.05, 3.63) is 10.8 Å². The Bertz CT molecular complexity index is 189. The van der Waals surface area contributed by atoms with Crippen LogP contribution in [0.3, 0.4) is 0 Å². The largest absolute Gasteiger partial charge is 0.529 e. The Morgan fingerprint density at radius 2 is 1.69 bits per heavy atom. The van der Waals surface area contributed by atoms with Gasteiger partial charge in [0.25, 0.3) is 0 Å². The Kier molecular flexibility index (Phi) is 10.6. The average Bonchev–Trinajstić information content (AvgIpc) is 2.17. The summed E-state index contributed by atoms with van der Waals surface area (Å²) in [7, 11) is -1.12. The molecule has 0 radical (unpaired) electrons. The quantitative estimate of drug-likeness (QED) is 0.341. The Morgan fingerprint density at radius 3 is 1.92 bits per heavy atom. The molecule has 0 unspecified atom stereocenters. The van der Waals surface area contributed by atoms with Crippen LogP contribution in [0.25, 0.3) is 0 Å². The molecule has 6 nitrogen and oxygen atoms in total. The third-order valence-electron chi connectivity index (χ3n) is 0.718. The first kappa shape index (κ1) is 15.7. The van der Waals surface area contributed by atoms with Crippen molar-refractivity contribution >= 4 is 31.0 Å². The molecule has 0 fully saturated rings. The fourth-order valence-corrected chi connectivity index (χ4v) is 1.03. The van der Waals surface area contributed by atoms with Gasteiger partial charge in [-0.1, -0.05) is 23.2 Å². The van der Waals surface area contributed by atoms with Crippen LogP contribution in [-0.2, 0) is 18.1 Å². The van der Waals surface area contributed by atoms with Gasteiger partial charge < -0.3 is 4.52 Å². The molecule has 0 saturated carbocycles. The van der Waals surface area contributed by atoms with Gasteiger partial charge in [0, 0.05) is 14.2 Å². The predicted octanol–water partition coefficient (Wildman–Crippen LogP) is 1.50. The van der Waals surface area contributed by atoms with Crippen LogP contribution >= 0.6 is 31.0 Å². The normalized spacial score (nSPS) is 9.69. The number of nitrogens with two attached hydrogens (primary N) is 2. The molecule has 0 bridgehead atoms. The second-order valence-corrected chi connectivity index (χ2v) is 4.17. The molecule has 0 amide bonds. The maximum atomic E-state index is 11.0. The molecular weight excluding hydrogens is 242 g/mol. The summed E-state index contributed by atoms with van der Waals surface area (Å²) in [6, 6.07) is 0. The van der Waals surface area contributed by atoms with Crippen LogP contribution in [0, 0.1) is 0 Å². The second-order valence-electron chi connectivity index (χ2n) is 1.33. The Morgan fingerprint density at radius 1 is 1.31 bits per heavy atom. The lowest BCUT2D eigenvalue weighted by Crippen LogP contribution is -2.02. The van der Waals surface area contributed by atoms with Crippen molar-refractivity contribution in [2.75, 3.05) is 14.2 Å². The number of phosphoric acid groups is 1. The van der Waals surface area contributed by atoms with Crippen LogP contribution in [0.4, 0.5) is 0 Å². The highest BCUT2D eigenvalue weighted by atomic mass is 35.5. The Hall–Kier alpha value is 0.190. The molecule has 0 heterocycles. The third kappa shape index (κ3) is 8.52. The van der Waals surface area contributed by atoms with E-state index in [1.54, 1.807) is 0 Å². The van der Waals surface area contributed by atoms with Gasteiger partial charge in [-0.3, -0.25) is 20.7 Å². The summed E-state index contributed by atoms with van der Waals surface area (Å²) in [4.78, 5) is 0. The topological polar surface area (TPSA) is 96.8 Å². The monoisotopic (exact) mass is 252 g/mol. The number of hydrogen-bond donors (Lipinski definition) is 2. The zero-order chi connectivity index (χ0) is 10.9. The highest BCUT2D eigenvalue weighted by Gasteiger charge is 2.22. The number of halogens is 2. The summed E-state index contributed by atoms with van der Waals surface area (Å²) in [6.07, 6.45) is 0.872. The van der Waals surface area contributed by atoms with Gasteiger partial charge in [-0.05, 0) is 0 Å². The first-order chi connectivity index (χ1) is 6.04. The van der Waals surface area contributed by atoms with Crippen molar-refractivity contribution in [3.8, 4) is 0 Å². The zero-order valence-electron chi connectivity index (χ0n) is 7.07. The summed E-state index contributed by atoms with van der Waals surface area (Å²) in [5, 5.41) is 0. The van der Waals surface area contributed by atoms with Gasteiger partial charge in [0.15, 0.2) is 0 Å². The van der Waals surface area contributed by atoms with E-state index in [1.807, 2.05) is 0 Å². The van der Waals surface area contributed by atoms with E-state index in [0.29, 0.717) is 0 Å². The van der Waals surface area contributed by atoms with E-state index in [1.165, 1.54) is 14.2 Å². The van der Waals surface area contributed by atoms with E-state index in [2.05, 4.69) is 25.3 Å². The summed E-state index contributed by atoms with van der Waals surface area (Å²) >= 11 is 10.3. The van der Waals surface area contributed by atoms with E-state index < -0.39 is 7.82 Å². The van der Waals surface area contributed by atoms with Gasteiger partial charge >= 0.3 is 7.82 Å². The second kappa shape index (κ2) is 8.77. The number of hydrogen-bond acceptors (Lipinski definition) is 6. The van der Waals surface area contributed by atoms with Crippen molar-refractivity contribution in [3.63, 3.8) is 0 Å². The standard InChI is InChI=1S/C4H7Cl2O4P.H4N2/c1-8-11(7,9-2)10-3-4(5)6;1-2/h3H,1-2H3;1-2H2. The smallest absolute Gasteiger partial charge is 0.409 e. The Balaban J connectivity index is 0. The van der Waals surface area contributed by atoms with Crippen LogP contribution in [0.5, 0.6) is 0 Å². The number of rotatable bonds is 4. The lowest BCUT2D eigenvalue weighted by atomic mass is 11.2. The minimum Gasteiger partial charge on any atom is -0.409 e. The zero-order valence-corrected chi connectivity index (χ0v) is 9.47. The summed E-state index contributed by atoms with van der Waals surface area (Å²) < 4.78 is 24.1. The molecule has 9 heteroatoms. The van der Waals surface area contributed by atoms with Crippen molar-refractivity contribution in [2.45, 2.75) is 0 Å². The van der Waals surface area contributed by atoms with Crippen LogP contribution in [0.15, 0.2) is 10.8 Å². The van der Waals surface area contributed by atoms with E-state index in [0.717, 1.165) is 6.26 Å². The van der Waals surface area contributed by atoms with Gasteiger partial charge in [-0.15, -0.1) is 0 Å². The number of phosphoric ester groups is 1. The van der Waals surface area contributed by atoms with Crippen molar-refractivity contribution in [1.29, 1.82) is 0 Å². The van der Waals surface area contributed by atoms with Crippen LogP contribution in [-0.4, -0.2) is 14.2 Å². The maximum absolute atomic E-state index is 11.0. The van der Waals surface area contributed by atoms with E-state index >= 15 is 0 Å². The molecule has 4 N–H and O–H groups in total. The summed E-state index contributed by atoms with van der Waals surface area (Å²) in [6.45, 7) is 0. The fraction of sp³-hybridized carbons (Fsp3) is 0.500. The van der Waals surface area contributed by atoms with E-state index in [-0.39, 0.29) is 4.49 Å². The van der Waals surface area contributed by atoms with Crippen LogP contribution < -0.4 is 11.7 Å². The lowest BCUT2D eigenvalue weighted by molar-refractivity contribution is 0.194. The minimum absolute atomic E-state index is 0.167. The van der Waals surface area contributed by atoms with Gasteiger partial charge in [-0.25, -0.2) is 4.57 Å². The van der Waals surface area contributed by atoms with Crippen LogP contribution in [0.1, 0.15) is 0 Å². The number of hydrazine groups is 1. The maximum Gasteiger partial charge on any atom is 0.529 e. The molecule has 13 heavy (non-hydrogen) atoms. The highest BCUT2D eigenvalue weighted by Crippen LogP contribution is 2.48. The molecule has 0 spiro atoms. The molecule has 80 valence electrons. The van der Waals surface area contributed by atoms with E-state index in [9.17, 15) is 4.57 Å². The summed E-state index contributed by atoms with van der Waals surface area (Å²) in [5.74, 6) is 8.00. The molecular formula is C4H11Cl2N2O4P. The lowest BCUT2D eigenvalue weighted by Gasteiger charge is -2.10. The van der Waals surface area contributed by atoms with Crippen molar-refractivity contribution < 1.29 is 18.1 Å². The van der Waals surface area contributed by atoms with Gasteiger partial charge in [-0.2, -0.15) is 0 Å². The van der Waals surface area contributed by atoms with Crippen LogP contribution in [0.2, 0.25) is 0 Å². The van der Waals surface area contributed by atoms with E-state index in [4.69, 9.17) is 23.2 Å². The molecule has 0 aromatic carbocycles.